The summed E-state index contributed by atoms with van der Waals surface area (Å²) >= 11 is 0. The normalized spacial score (nSPS) is 25.8. The van der Waals surface area contributed by atoms with Crippen molar-refractivity contribution in [3.05, 3.63) is 0 Å². The van der Waals surface area contributed by atoms with Gasteiger partial charge in [0.05, 0.1) is 12.7 Å². The molecule has 0 amide bonds. The maximum absolute atomic E-state index is 5.66. The van der Waals surface area contributed by atoms with Crippen LogP contribution in [0.4, 0.5) is 0 Å². The molecule has 0 bridgehead atoms. The monoisotopic (exact) mass is 182 g/mol. The lowest BCUT2D eigenvalue weighted by Crippen LogP contribution is -2.21. The highest BCUT2D eigenvalue weighted by Gasteiger charge is 2.31. The number of hydrogen-bond donors (Lipinski definition) is 0. The molecule has 0 aliphatic carbocycles. The van der Waals surface area contributed by atoms with Crippen molar-refractivity contribution in [2.24, 2.45) is 0 Å². The van der Waals surface area contributed by atoms with Gasteiger partial charge in [-0.15, -0.1) is 12.3 Å². The zero-order valence-corrected chi connectivity index (χ0v) is 8.51. The van der Waals surface area contributed by atoms with Gasteiger partial charge in [0, 0.05) is 6.42 Å². The molecule has 1 heterocycles. The molecule has 2 heteroatoms. The van der Waals surface area contributed by atoms with Gasteiger partial charge in [-0.05, 0) is 33.1 Å². The molecule has 74 valence electrons. The van der Waals surface area contributed by atoms with Gasteiger partial charge in [0.15, 0.2) is 5.79 Å². The van der Waals surface area contributed by atoms with E-state index in [4.69, 9.17) is 15.9 Å². The molecule has 1 aliphatic rings. The van der Waals surface area contributed by atoms with Crippen LogP contribution in [-0.4, -0.2) is 18.5 Å². The summed E-state index contributed by atoms with van der Waals surface area (Å²) in [6.07, 6.45) is 9.59. The highest BCUT2D eigenvalue weighted by atomic mass is 16.7. The first-order chi connectivity index (χ1) is 6.14. The standard InChI is InChI=1S/C11H18O2/c1-4-5-6-7-8-10-9-12-11(2,3)13-10/h1,10H,5-9H2,2-3H3/t10-/m1/s1. The molecule has 1 atom stereocenters. The van der Waals surface area contributed by atoms with Gasteiger partial charge in [-0.3, -0.25) is 0 Å². The average molecular weight is 182 g/mol. The molecule has 0 aromatic carbocycles. The Morgan fingerprint density at radius 1 is 1.46 bits per heavy atom. The van der Waals surface area contributed by atoms with Crippen LogP contribution in [0.25, 0.3) is 0 Å². The van der Waals surface area contributed by atoms with Crippen molar-refractivity contribution >= 4 is 0 Å². The van der Waals surface area contributed by atoms with Gasteiger partial charge >= 0.3 is 0 Å². The number of terminal acetylenes is 1. The number of ether oxygens (including phenoxy) is 2. The lowest BCUT2D eigenvalue weighted by atomic mass is 10.1. The molecule has 0 aromatic rings. The van der Waals surface area contributed by atoms with E-state index in [0.717, 1.165) is 32.3 Å². The predicted octanol–water partition coefficient (Wildman–Crippen LogP) is 2.33. The Balaban J connectivity index is 2.08. The summed E-state index contributed by atoms with van der Waals surface area (Å²) in [5, 5.41) is 0. The fourth-order valence-electron chi connectivity index (χ4n) is 1.50. The minimum Gasteiger partial charge on any atom is -0.348 e. The van der Waals surface area contributed by atoms with Crippen molar-refractivity contribution in [1.82, 2.24) is 0 Å². The van der Waals surface area contributed by atoms with Crippen molar-refractivity contribution in [2.45, 2.75) is 51.4 Å². The van der Waals surface area contributed by atoms with E-state index in [1.54, 1.807) is 0 Å². The second-order valence-corrected chi connectivity index (χ2v) is 3.90. The molecular weight excluding hydrogens is 164 g/mol. The fourth-order valence-corrected chi connectivity index (χ4v) is 1.50. The molecule has 1 saturated heterocycles. The van der Waals surface area contributed by atoms with Crippen LogP contribution in [0, 0.1) is 12.3 Å². The highest BCUT2D eigenvalue weighted by Crippen LogP contribution is 2.25. The molecule has 13 heavy (non-hydrogen) atoms. The molecule has 0 radical (unpaired) electrons. The molecule has 0 aromatic heterocycles. The molecule has 1 aliphatic heterocycles. The Morgan fingerprint density at radius 3 is 2.77 bits per heavy atom. The van der Waals surface area contributed by atoms with E-state index in [1.165, 1.54) is 0 Å². The van der Waals surface area contributed by atoms with Crippen LogP contribution in [0.3, 0.4) is 0 Å². The third-order valence-electron chi connectivity index (χ3n) is 2.16. The Kier molecular flexibility index (Phi) is 3.77. The van der Waals surface area contributed by atoms with Crippen LogP contribution >= 0.6 is 0 Å². The van der Waals surface area contributed by atoms with E-state index >= 15 is 0 Å². The Bertz CT molecular complexity index is 191. The van der Waals surface area contributed by atoms with Crippen LogP contribution in [0.2, 0.25) is 0 Å². The molecule has 1 fully saturated rings. The van der Waals surface area contributed by atoms with Crippen molar-refractivity contribution in [1.29, 1.82) is 0 Å². The lowest BCUT2D eigenvalue weighted by molar-refractivity contribution is -0.139. The molecule has 0 spiro atoms. The fraction of sp³-hybridized carbons (Fsp3) is 0.818. The first-order valence-electron chi connectivity index (χ1n) is 4.89. The zero-order chi connectivity index (χ0) is 9.73. The van der Waals surface area contributed by atoms with Crippen LogP contribution in [0.1, 0.15) is 39.5 Å². The SMILES string of the molecule is C#CCCCC[C@@H]1COC(C)(C)O1. The van der Waals surface area contributed by atoms with Gasteiger partial charge < -0.3 is 9.47 Å². The second-order valence-electron chi connectivity index (χ2n) is 3.90. The first-order valence-corrected chi connectivity index (χ1v) is 4.89. The summed E-state index contributed by atoms with van der Waals surface area (Å²) in [6.45, 7) is 4.63. The number of hydrogen-bond acceptors (Lipinski definition) is 2. The maximum Gasteiger partial charge on any atom is 0.163 e. The van der Waals surface area contributed by atoms with E-state index in [1.807, 2.05) is 13.8 Å². The van der Waals surface area contributed by atoms with Crippen molar-refractivity contribution in [2.75, 3.05) is 6.61 Å². The number of unbranched alkanes of at least 4 members (excludes halogenated alkanes) is 2. The highest BCUT2D eigenvalue weighted by molar-refractivity contribution is 4.83. The first kappa shape index (κ1) is 10.6. The van der Waals surface area contributed by atoms with E-state index in [0.29, 0.717) is 0 Å². The van der Waals surface area contributed by atoms with Gasteiger partial charge in [0.25, 0.3) is 0 Å². The van der Waals surface area contributed by atoms with Gasteiger partial charge in [0.2, 0.25) is 0 Å². The lowest BCUT2D eigenvalue weighted by Gasteiger charge is -2.16. The minimum atomic E-state index is -0.378. The van der Waals surface area contributed by atoms with Gasteiger partial charge in [-0.25, -0.2) is 0 Å². The van der Waals surface area contributed by atoms with E-state index in [9.17, 15) is 0 Å². The topological polar surface area (TPSA) is 18.5 Å². The van der Waals surface area contributed by atoms with Crippen LogP contribution < -0.4 is 0 Å². The Morgan fingerprint density at radius 2 is 2.23 bits per heavy atom. The summed E-state index contributed by atoms with van der Waals surface area (Å²) in [4.78, 5) is 0. The van der Waals surface area contributed by atoms with Crippen LogP contribution in [0.5, 0.6) is 0 Å². The maximum atomic E-state index is 5.66. The van der Waals surface area contributed by atoms with Gasteiger partial charge in [0.1, 0.15) is 0 Å². The summed E-state index contributed by atoms with van der Waals surface area (Å²) in [5.41, 5.74) is 0. The summed E-state index contributed by atoms with van der Waals surface area (Å²) in [6, 6.07) is 0. The summed E-state index contributed by atoms with van der Waals surface area (Å²) in [7, 11) is 0. The molecular formula is C11H18O2. The quantitative estimate of drug-likeness (QED) is 0.490. The van der Waals surface area contributed by atoms with Gasteiger partial charge in [-0.2, -0.15) is 0 Å². The third-order valence-corrected chi connectivity index (χ3v) is 2.16. The Labute approximate surface area is 80.6 Å². The van der Waals surface area contributed by atoms with Crippen molar-refractivity contribution in [3.63, 3.8) is 0 Å². The predicted molar refractivity (Wildman–Crippen MR) is 52.2 cm³/mol. The van der Waals surface area contributed by atoms with Crippen molar-refractivity contribution < 1.29 is 9.47 Å². The van der Waals surface area contributed by atoms with Gasteiger partial charge in [-0.1, -0.05) is 0 Å². The smallest absolute Gasteiger partial charge is 0.163 e. The molecule has 2 nitrogen and oxygen atoms in total. The van der Waals surface area contributed by atoms with E-state index in [2.05, 4.69) is 5.92 Å². The molecule has 0 saturated carbocycles. The second kappa shape index (κ2) is 4.64. The van der Waals surface area contributed by atoms with E-state index < -0.39 is 0 Å². The average Bonchev–Trinajstić information content (AvgIpc) is 2.40. The largest absolute Gasteiger partial charge is 0.348 e. The third kappa shape index (κ3) is 3.80. The molecule has 1 rings (SSSR count). The van der Waals surface area contributed by atoms with Crippen LogP contribution in [-0.2, 0) is 9.47 Å². The molecule has 0 unspecified atom stereocenters. The summed E-state index contributed by atoms with van der Waals surface area (Å²) in [5.74, 6) is 2.26. The van der Waals surface area contributed by atoms with Crippen LogP contribution in [0.15, 0.2) is 0 Å². The minimum absolute atomic E-state index is 0.271. The summed E-state index contributed by atoms with van der Waals surface area (Å²) < 4.78 is 11.1. The molecule has 0 N–H and O–H groups in total. The Hall–Kier alpha value is -0.520. The van der Waals surface area contributed by atoms with E-state index in [-0.39, 0.29) is 11.9 Å². The van der Waals surface area contributed by atoms with Crippen molar-refractivity contribution in [3.8, 4) is 12.3 Å². The zero-order valence-electron chi connectivity index (χ0n) is 8.51. The number of rotatable bonds is 4.